The van der Waals surface area contributed by atoms with Crippen molar-refractivity contribution < 1.29 is 14.3 Å². The van der Waals surface area contributed by atoms with Gasteiger partial charge in [0.05, 0.1) is 18.1 Å². The number of aromatic nitrogens is 1. The molecule has 1 fully saturated rings. The molecule has 1 aromatic heterocycles. The highest BCUT2D eigenvalue weighted by Gasteiger charge is 2.52. The summed E-state index contributed by atoms with van der Waals surface area (Å²) in [5.41, 5.74) is 0.891. The fraction of sp³-hybridized carbons (Fsp3) is 0.267. The number of H-pyrrole nitrogens is 1. The second-order valence-electron chi connectivity index (χ2n) is 5.38. The third-order valence-corrected chi connectivity index (χ3v) is 6.55. The number of nitrogens with one attached hydrogen (secondary N) is 2. The molecular weight excluding hydrogens is 336 g/mol. The number of methoxy groups -OCH3 is 1. The van der Waals surface area contributed by atoms with E-state index in [1.54, 1.807) is 7.11 Å². The van der Waals surface area contributed by atoms with E-state index >= 15 is 0 Å². The summed E-state index contributed by atoms with van der Waals surface area (Å²) in [6, 6.07) is 7.38. The minimum atomic E-state index is -0.507. The Kier molecular flexibility index (Phi) is 3.31. The van der Waals surface area contributed by atoms with Gasteiger partial charge in [-0.25, -0.2) is 0 Å². The minimum absolute atomic E-state index is 0.172. The molecule has 118 valence electrons. The number of thioether (sulfide) groups is 1. The number of imide groups is 1. The van der Waals surface area contributed by atoms with Crippen molar-refractivity contribution in [2.75, 3.05) is 7.11 Å². The normalized spacial score (nSPS) is 25.7. The molecule has 1 aromatic carbocycles. The summed E-state index contributed by atoms with van der Waals surface area (Å²) in [5, 5.41) is 2.59. The molecule has 2 N–H and O–H groups in total. The van der Waals surface area contributed by atoms with E-state index in [0.29, 0.717) is 10.8 Å². The Hall–Kier alpha value is -2.06. The van der Waals surface area contributed by atoms with Gasteiger partial charge in [-0.15, -0.1) is 0 Å². The molecule has 2 aromatic rings. The van der Waals surface area contributed by atoms with Gasteiger partial charge in [-0.2, -0.15) is 0 Å². The van der Waals surface area contributed by atoms with Gasteiger partial charge in [0.1, 0.15) is 11.0 Å². The molecule has 4 rings (SSSR count). The third kappa shape index (κ3) is 2.21. The number of aromatic amines is 1. The Morgan fingerprint density at radius 1 is 1.09 bits per heavy atom. The second-order valence-corrected chi connectivity index (χ2v) is 7.54. The molecule has 0 radical (unpaired) electrons. The van der Waals surface area contributed by atoms with Gasteiger partial charge in [-0.3, -0.25) is 19.7 Å². The van der Waals surface area contributed by atoms with Crippen molar-refractivity contribution in [3.05, 3.63) is 44.4 Å². The van der Waals surface area contributed by atoms with Crippen molar-refractivity contribution in [2.24, 2.45) is 5.92 Å². The summed E-state index contributed by atoms with van der Waals surface area (Å²) < 4.78 is 5.16. The molecular formula is C15H12N2O4S2. The number of benzene rings is 1. The Balaban J connectivity index is 1.87. The molecule has 0 spiro atoms. The maximum atomic E-state index is 12.3. The van der Waals surface area contributed by atoms with E-state index in [2.05, 4.69) is 10.3 Å². The number of carbonyl (C=O) groups excluding carboxylic acids is 2. The molecule has 2 amide bonds. The van der Waals surface area contributed by atoms with Gasteiger partial charge in [0, 0.05) is 10.8 Å². The Morgan fingerprint density at radius 2 is 1.83 bits per heavy atom. The van der Waals surface area contributed by atoms with Gasteiger partial charge < -0.3 is 9.72 Å². The molecule has 3 atom stereocenters. The van der Waals surface area contributed by atoms with Crippen LogP contribution in [0.3, 0.4) is 0 Å². The minimum Gasteiger partial charge on any atom is -0.497 e. The van der Waals surface area contributed by atoms with Gasteiger partial charge in [0.15, 0.2) is 0 Å². The van der Waals surface area contributed by atoms with Gasteiger partial charge in [-0.1, -0.05) is 35.2 Å². The third-order valence-electron chi connectivity index (χ3n) is 4.14. The van der Waals surface area contributed by atoms with E-state index in [9.17, 15) is 14.4 Å². The number of hydrogen-bond acceptors (Lipinski definition) is 6. The van der Waals surface area contributed by atoms with E-state index in [1.807, 2.05) is 24.3 Å². The predicted octanol–water partition coefficient (Wildman–Crippen LogP) is 1.32. The SMILES string of the molecule is COc1ccc([C@@H]2c3sc(=O)[nH]c3S[C@H]3C(=O)NC(=O)[C@@H]23)cc1. The van der Waals surface area contributed by atoms with Crippen LogP contribution in [0.1, 0.15) is 16.4 Å². The van der Waals surface area contributed by atoms with Crippen molar-refractivity contribution in [3.8, 4) is 5.75 Å². The van der Waals surface area contributed by atoms with E-state index in [0.717, 1.165) is 21.8 Å². The van der Waals surface area contributed by atoms with Crippen LogP contribution in [0.25, 0.3) is 0 Å². The molecule has 0 bridgehead atoms. The molecule has 1 saturated heterocycles. The lowest BCUT2D eigenvalue weighted by molar-refractivity contribution is -0.125. The predicted molar refractivity (Wildman–Crippen MR) is 86.1 cm³/mol. The number of hydrogen-bond donors (Lipinski definition) is 2. The topological polar surface area (TPSA) is 88.3 Å². The fourth-order valence-electron chi connectivity index (χ4n) is 3.11. The number of fused-ring (bicyclic) bond motifs is 2. The van der Waals surface area contributed by atoms with Crippen LogP contribution in [-0.4, -0.2) is 29.2 Å². The van der Waals surface area contributed by atoms with Crippen molar-refractivity contribution in [1.29, 1.82) is 0 Å². The summed E-state index contributed by atoms with van der Waals surface area (Å²) in [6.45, 7) is 0. The first-order valence-corrected chi connectivity index (χ1v) is 8.66. The average Bonchev–Trinajstić information content (AvgIpc) is 3.05. The van der Waals surface area contributed by atoms with Crippen LogP contribution in [0, 0.1) is 5.92 Å². The van der Waals surface area contributed by atoms with Crippen LogP contribution >= 0.6 is 23.1 Å². The van der Waals surface area contributed by atoms with Crippen molar-refractivity contribution in [3.63, 3.8) is 0 Å². The lowest BCUT2D eigenvalue weighted by Crippen LogP contribution is -2.31. The summed E-state index contributed by atoms with van der Waals surface area (Å²) in [5.74, 6) is -0.664. The van der Waals surface area contributed by atoms with E-state index in [-0.39, 0.29) is 22.6 Å². The summed E-state index contributed by atoms with van der Waals surface area (Å²) in [6.07, 6.45) is 0. The van der Waals surface area contributed by atoms with E-state index in [1.165, 1.54) is 11.8 Å². The molecule has 2 aliphatic heterocycles. The van der Waals surface area contributed by atoms with Crippen molar-refractivity contribution >= 4 is 34.9 Å². The van der Waals surface area contributed by atoms with Gasteiger partial charge >= 0.3 is 4.87 Å². The standard InChI is InChI=1S/C15H12N2O4S2/c1-21-7-4-2-6(3-5-7)8-9-10(13(19)16-12(9)18)22-14-11(8)23-15(20)17-14/h2-5,8-10H,1H3,(H,17,20)(H,16,18,19)/t8-,9-,10+/m0/s1. The molecule has 23 heavy (non-hydrogen) atoms. The largest absolute Gasteiger partial charge is 0.497 e. The van der Waals surface area contributed by atoms with Crippen molar-refractivity contribution in [1.82, 2.24) is 10.3 Å². The monoisotopic (exact) mass is 348 g/mol. The number of thiazole rings is 1. The molecule has 0 unspecified atom stereocenters. The lowest BCUT2D eigenvalue weighted by atomic mass is 9.83. The summed E-state index contributed by atoms with van der Waals surface area (Å²) >= 11 is 2.36. The van der Waals surface area contributed by atoms with Crippen LogP contribution in [-0.2, 0) is 9.59 Å². The lowest BCUT2D eigenvalue weighted by Gasteiger charge is -2.29. The molecule has 8 heteroatoms. The first-order chi connectivity index (χ1) is 11.1. The van der Waals surface area contributed by atoms with Gasteiger partial charge in [0.2, 0.25) is 11.8 Å². The highest BCUT2D eigenvalue weighted by atomic mass is 32.2. The maximum Gasteiger partial charge on any atom is 0.305 e. The Morgan fingerprint density at radius 3 is 2.52 bits per heavy atom. The highest BCUT2D eigenvalue weighted by Crippen LogP contribution is 2.50. The average molecular weight is 348 g/mol. The maximum absolute atomic E-state index is 12.3. The highest BCUT2D eigenvalue weighted by molar-refractivity contribution is 8.00. The number of ether oxygens (including phenoxy) is 1. The zero-order valence-corrected chi connectivity index (χ0v) is 13.6. The summed E-state index contributed by atoms with van der Waals surface area (Å²) in [4.78, 5) is 39.5. The second kappa shape index (κ2) is 5.24. The van der Waals surface area contributed by atoms with Crippen molar-refractivity contribution in [2.45, 2.75) is 16.2 Å². The smallest absolute Gasteiger partial charge is 0.305 e. The molecule has 3 heterocycles. The fourth-order valence-corrected chi connectivity index (χ4v) is 5.59. The molecule has 0 saturated carbocycles. The van der Waals surface area contributed by atoms with Gasteiger partial charge in [0.25, 0.3) is 0 Å². The van der Waals surface area contributed by atoms with Crippen LogP contribution in [0.5, 0.6) is 5.75 Å². The first-order valence-electron chi connectivity index (χ1n) is 6.97. The Labute approximate surface area is 139 Å². The zero-order valence-electron chi connectivity index (χ0n) is 12.0. The molecule has 6 nitrogen and oxygen atoms in total. The van der Waals surface area contributed by atoms with Crippen LogP contribution < -0.4 is 14.9 Å². The van der Waals surface area contributed by atoms with E-state index < -0.39 is 11.2 Å². The van der Waals surface area contributed by atoms with Crippen LogP contribution in [0.15, 0.2) is 34.1 Å². The number of amides is 2. The van der Waals surface area contributed by atoms with Crippen LogP contribution in [0.4, 0.5) is 0 Å². The first kappa shape index (κ1) is 14.5. The quantitative estimate of drug-likeness (QED) is 0.799. The number of rotatable bonds is 2. The zero-order chi connectivity index (χ0) is 16.1. The number of carbonyl (C=O) groups is 2. The molecule has 2 aliphatic rings. The summed E-state index contributed by atoms with van der Waals surface area (Å²) in [7, 11) is 1.58. The molecule has 0 aliphatic carbocycles. The Bertz CT molecular complexity index is 855. The van der Waals surface area contributed by atoms with Crippen LogP contribution in [0.2, 0.25) is 0 Å². The van der Waals surface area contributed by atoms with E-state index in [4.69, 9.17) is 4.74 Å². The van der Waals surface area contributed by atoms with Gasteiger partial charge in [-0.05, 0) is 17.7 Å².